The molecule has 1 N–H and O–H groups in total. The summed E-state index contributed by atoms with van der Waals surface area (Å²) in [5.41, 5.74) is 1.57. The van der Waals surface area contributed by atoms with Crippen molar-refractivity contribution in [1.29, 1.82) is 0 Å². The second-order valence-electron chi connectivity index (χ2n) is 5.44. The average Bonchev–Trinajstić information content (AvgIpc) is 3.06. The number of esters is 1. The number of anilines is 1. The number of carbonyl (C=O) groups is 2. The van der Waals surface area contributed by atoms with Gasteiger partial charge < -0.3 is 10.1 Å². The van der Waals surface area contributed by atoms with Gasteiger partial charge in [-0.05, 0) is 46.2 Å². The molecule has 2 heterocycles. The van der Waals surface area contributed by atoms with Crippen molar-refractivity contribution in [3.63, 3.8) is 0 Å². The van der Waals surface area contributed by atoms with Crippen molar-refractivity contribution in [3.8, 4) is 0 Å². The molecule has 0 saturated carbocycles. The van der Waals surface area contributed by atoms with Crippen LogP contribution in [0.5, 0.6) is 0 Å². The Morgan fingerprint density at radius 3 is 2.65 bits per heavy atom. The van der Waals surface area contributed by atoms with Crippen LogP contribution in [0, 0.1) is 13.8 Å². The van der Waals surface area contributed by atoms with E-state index in [1.807, 2.05) is 27.7 Å². The van der Waals surface area contributed by atoms with Crippen molar-refractivity contribution in [2.45, 2.75) is 40.7 Å². The van der Waals surface area contributed by atoms with Crippen molar-refractivity contribution in [3.05, 3.63) is 34.0 Å². The molecule has 0 aliphatic rings. The van der Waals surface area contributed by atoms with Crippen molar-refractivity contribution in [2.75, 3.05) is 11.9 Å². The van der Waals surface area contributed by atoms with E-state index < -0.39 is 5.97 Å². The van der Waals surface area contributed by atoms with E-state index >= 15 is 0 Å². The molecule has 2 rings (SSSR count). The molecule has 0 spiro atoms. The van der Waals surface area contributed by atoms with Crippen LogP contribution in [0.2, 0.25) is 0 Å². The fraction of sp³-hybridized carbons (Fsp3) is 0.438. The third-order valence-electron chi connectivity index (χ3n) is 3.46. The predicted molar refractivity (Wildman–Crippen MR) is 90.3 cm³/mol. The lowest BCUT2D eigenvalue weighted by atomic mass is 10.1. The summed E-state index contributed by atoms with van der Waals surface area (Å²) in [5, 5.41) is 7.52. The monoisotopic (exact) mass is 335 g/mol. The zero-order valence-corrected chi connectivity index (χ0v) is 14.8. The number of nitrogens with zero attached hydrogens (tertiary/aromatic N) is 2. The van der Waals surface area contributed by atoms with Crippen LogP contribution in [0.4, 0.5) is 5.00 Å². The normalized spacial score (nSPS) is 10.9. The lowest BCUT2D eigenvalue weighted by Gasteiger charge is -2.06. The maximum absolute atomic E-state index is 12.4. The Kier molecular flexibility index (Phi) is 5.20. The van der Waals surface area contributed by atoms with Crippen LogP contribution >= 0.6 is 11.3 Å². The highest BCUT2D eigenvalue weighted by Gasteiger charge is 2.23. The zero-order chi connectivity index (χ0) is 17.1. The molecule has 0 fully saturated rings. The smallest absolute Gasteiger partial charge is 0.341 e. The predicted octanol–water partition coefficient (Wildman–Crippen LogP) is 3.57. The third kappa shape index (κ3) is 3.61. The number of amides is 1. The number of ether oxygens (including phenoxy) is 1. The van der Waals surface area contributed by atoms with Gasteiger partial charge in [-0.25, -0.2) is 4.79 Å². The first-order chi connectivity index (χ1) is 10.8. The number of hydrogen-bond donors (Lipinski definition) is 1. The van der Waals surface area contributed by atoms with E-state index in [1.54, 1.807) is 23.9 Å². The van der Waals surface area contributed by atoms with E-state index in [0.29, 0.717) is 22.9 Å². The lowest BCUT2D eigenvalue weighted by molar-refractivity contribution is 0.0527. The maximum atomic E-state index is 12.4. The molecule has 0 aliphatic heterocycles. The molecule has 2 aromatic heterocycles. The highest BCUT2D eigenvalue weighted by Crippen LogP contribution is 2.33. The highest BCUT2D eigenvalue weighted by molar-refractivity contribution is 7.16. The summed E-state index contributed by atoms with van der Waals surface area (Å²) in [6.07, 6.45) is 1.76. The van der Waals surface area contributed by atoms with E-state index in [4.69, 9.17) is 4.74 Å². The molecule has 23 heavy (non-hydrogen) atoms. The zero-order valence-electron chi connectivity index (χ0n) is 14.0. The van der Waals surface area contributed by atoms with Crippen LogP contribution in [-0.2, 0) is 4.74 Å². The number of aromatic nitrogens is 2. The largest absolute Gasteiger partial charge is 0.462 e. The Morgan fingerprint density at radius 2 is 2.09 bits per heavy atom. The van der Waals surface area contributed by atoms with Gasteiger partial charge in [0, 0.05) is 17.1 Å². The van der Waals surface area contributed by atoms with E-state index in [1.165, 1.54) is 11.3 Å². The number of thiophene rings is 1. The van der Waals surface area contributed by atoms with Crippen LogP contribution in [0.25, 0.3) is 0 Å². The van der Waals surface area contributed by atoms with E-state index in [9.17, 15) is 9.59 Å². The fourth-order valence-electron chi connectivity index (χ4n) is 2.08. The second kappa shape index (κ2) is 6.95. The molecule has 2 aromatic rings. The van der Waals surface area contributed by atoms with Gasteiger partial charge in [-0.15, -0.1) is 11.3 Å². The van der Waals surface area contributed by atoms with Gasteiger partial charge in [-0.1, -0.05) is 0 Å². The van der Waals surface area contributed by atoms with Gasteiger partial charge in [0.1, 0.15) is 5.00 Å². The molecule has 124 valence electrons. The Hall–Kier alpha value is -2.15. The molecule has 6 nitrogen and oxygen atoms in total. The Bertz CT molecular complexity index is 731. The van der Waals surface area contributed by atoms with Crippen molar-refractivity contribution < 1.29 is 14.3 Å². The SMILES string of the molecule is CCOC(=O)c1c(NC(=O)c2ccn(C(C)C)n2)sc(C)c1C. The number of hydrogen-bond acceptors (Lipinski definition) is 5. The first kappa shape index (κ1) is 17.2. The molecule has 0 saturated heterocycles. The van der Waals surface area contributed by atoms with Gasteiger partial charge >= 0.3 is 5.97 Å². The molecule has 0 aromatic carbocycles. The number of rotatable bonds is 5. The molecule has 1 amide bonds. The molecular formula is C16H21N3O3S. The van der Waals surface area contributed by atoms with E-state index in [0.717, 1.165) is 10.4 Å². The van der Waals surface area contributed by atoms with Crippen LogP contribution in [0.15, 0.2) is 12.3 Å². The summed E-state index contributed by atoms with van der Waals surface area (Å²) in [7, 11) is 0. The summed E-state index contributed by atoms with van der Waals surface area (Å²) in [6, 6.07) is 1.84. The average molecular weight is 335 g/mol. The molecule has 7 heteroatoms. The van der Waals surface area contributed by atoms with Gasteiger partial charge in [-0.2, -0.15) is 5.10 Å². The summed E-state index contributed by atoms with van der Waals surface area (Å²) in [6.45, 7) is 9.77. The van der Waals surface area contributed by atoms with Gasteiger partial charge in [-0.3, -0.25) is 9.48 Å². The topological polar surface area (TPSA) is 73.2 Å². The summed E-state index contributed by atoms with van der Waals surface area (Å²) < 4.78 is 6.80. The first-order valence-electron chi connectivity index (χ1n) is 7.48. The fourth-order valence-corrected chi connectivity index (χ4v) is 3.12. The number of nitrogens with one attached hydrogen (secondary N) is 1. The van der Waals surface area contributed by atoms with Crippen molar-refractivity contribution >= 4 is 28.2 Å². The molecule has 0 atom stereocenters. The summed E-state index contributed by atoms with van der Waals surface area (Å²) in [5.74, 6) is -0.756. The van der Waals surface area contributed by atoms with Crippen LogP contribution in [0.3, 0.4) is 0 Å². The first-order valence-corrected chi connectivity index (χ1v) is 8.30. The van der Waals surface area contributed by atoms with E-state index in [-0.39, 0.29) is 11.9 Å². The molecular weight excluding hydrogens is 314 g/mol. The van der Waals surface area contributed by atoms with Gasteiger partial charge in [0.2, 0.25) is 0 Å². The van der Waals surface area contributed by atoms with Crippen LogP contribution < -0.4 is 5.32 Å². The standard InChI is InChI=1S/C16H21N3O3S/c1-6-22-16(21)13-10(4)11(5)23-15(13)17-14(20)12-7-8-19(18-12)9(2)3/h7-9H,6H2,1-5H3,(H,17,20). The molecule has 0 aliphatic carbocycles. The van der Waals surface area contributed by atoms with E-state index in [2.05, 4.69) is 10.4 Å². The minimum absolute atomic E-state index is 0.179. The third-order valence-corrected chi connectivity index (χ3v) is 4.58. The molecule has 0 unspecified atom stereocenters. The maximum Gasteiger partial charge on any atom is 0.341 e. The van der Waals surface area contributed by atoms with Gasteiger partial charge in [0.15, 0.2) is 5.69 Å². The minimum Gasteiger partial charge on any atom is -0.462 e. The molecule has 0 bridgehead atoms. The Morgan fingerprint density at radius 1 is 1.39 bits per heavy atom. The summed E-state index contributed by atoms with van der Waals surface area (Å²) in [4.78, 5) is 25.5. The second-order valence-corrected chi connectivity index (χ2v) is 6.66. The van der Waals surface area contributed by atoms with Gasteiger partial charge in [0.25, 0.3) is 5.91 Å². The van der Waals surface area contributed by atoms with Crippen molar-refractivity contribution in [2.24, 2.45) is 0 Å². The highest BCUT2D eigenvalue weighted by atomic mass is 32.1. The van der Waals surface area contributed by atoms with Gasteiger partial charge in [0.05, 0.1) is 12.2 Å². The Balaban J connectivity index is 2.26. The quantitative estimate of drug-likeness (QED) is 0.848. The van der Waals surface area contributed by atoms with Crippen LogP contribution in [-0.4, -0.2) is 28.3 Å². The number of aryl methyl sites for hydroxylation is 1. The minimum atomic E-state index is -0.419. The Labute approximate surface area is 139 Å². The lowest BCUT2D eigenvalue weighted by Crippen LogP contribution is -2.16. The van der Waals surface area contributed by atoms with Crippen LogP contribution in [0.1, 0.15) is 58.1 Å². The van der Waals surface area contributed by atoms with Crippen molar-refractivity contribution in [1.82, 2.24) is 9.78 Å². The number of carbonyl (C=O) groups excluding carboxylic acids is 2. The molecule has 0 radical (unpaired) electrons. The summed E-state index contributed by atoms with van der Waals surface area (Å²) >= 11 is 1.36.